The number of aromatic nitrogens is 3. The van der Waals surface area contributed by atoms with Crippen LogP contribution in [0.2, 0.25) is 0 Å². The number of hydrogen-bond acceptors (Lipinski definition) is 3. The van der Waals surface area contributed by atoms with Gasteiger partial charge in [0.2, 0.25) is 0 Å². The smallest absolute Gasteiger partial charge is 0.144 e. The van der Waals surface area contributed by atoms with E-state index in [0.29, 0.717) is 11.7 Å². The molecule has 3 heterocycles. The van der Waals surface area contributed by atoms with E-state index >= 15 is 0 Å². The van der Waals surface area contributed by atoms with Crippen molar-refractivity contribution in [2.24, 2.45) is 5.92 Å². The Morgan fingerprint density at radius 2 is 1.51 bits per heavy atom. The van der Waals surface area contributed by atoms with Crippen LogP contribution in [0.1, 0.15) is 72.1 Å². The van der Waals surface area contributed by atoms with Crippen LogP contribution in [-0.4, -0.2) is 19.6 Å². The Bertz CT molecular complexity index is 1950. The molecule has 3 aromatic carbocycles. The van der Waals surface area contributed by atoms with Crippen molar-refractivity contribution in [3.8, 4) is 34.0 Å². The van der Waals surface area contributed by atoms with Crippen molar-refractivity contribution in [3.63, 3.8) is 0 Å². The Balaban J connectivity index is 0.00000400. The van der Waals surface area contributed by atoms with Gasteiger partial charge in [-0.05, 0) is 70.4 Å². The van der Waals surface area contributed by atoms with Crippen molar-refractivity contribution >= 4 is 21.9 Å². The third-order valence-electron chi connectivity index (χ3n) is 8.32. The van der Waals surface area contributed by atoms with Gasteiger partial charge in [0, 0.05) is 49.2 Å². The molecule has 0 bridgehead atoms. The van der Waals surface area contributed by atoms with E-state index < -0.39 is 0 Å². The second-order valence-corrected chi connectivity index (χ2v) is 14.4. The largest absolute Gasteiger partial charge is 0.507 e. The average molecular weight is 776 g/mol. The molecule has 0 amide bonds. The van der Waals surface area contributed by atoms with Crippen LogP contribution in [0.4, 0.5) is 0 Å². The number of nitrogens with zero attached hydrogens (tertiary/aromatic N) is 3. The molecule has 0 spiro atoms. The van der Waals surface area contributed by atoms with Gasteiger partial charge in [0.1, 0.15) is 11.4 Å². The molecular formula is C40H42N3OPt-. The van der Waals surface area contributed by atoms with Crippen molar-refractivity contribution in [2.45, 2.75) is 72.6 Å². The molecule has 0 aliphatic heterocycles. The van der Waals surface area contributed by atoms with Gasteiger partial charge in [-0.15, -0.1) is 29.8 Å². The zero-order valence-corrected chi connectivity index (χ0v) is 29.7. The summed E-state index contributed by atoms with van der Waals surface area (Å²) in [7, 11) is 0. The molecule has 234 valence electrons. The number of fused-ring (bicyclic) bond motifs is 3. The second-order valence-electron chi connectivity index (χ2n) is 14.4. The molecule has 45 heavy (non-hydrogen) atoms. The predicted octanol–water partition coefficient (Wildman–Crippen LogP) is 10.2. The van der Waals surface area contributed by atoms with Crippen LogP contribution in [0.15, 0.2) is 85.1 Å². The van der Waals surface area contributed by atoms with E-state index in [2.05, 4.69) is 139 Å². The molecule has 4 nitrogen and oxygen atoms in total. The molecule has 0 aliphatic rings. The Hall–Kier alpha value is -3.75. The topological polar surface area (TPSA) is 50.9 Å². The number of aromatic hydroxyl groups is 1. The van der Waals surface area contributed by atoms with Crippen molar-refractivity contribution in [1.29, 1.82) is 0 Å². The third-order valence-corrected chi connectivity index (χ3v) is 8.32. The molecule has 0 fully saturated rings. The van der Waals surface area contributed by atoms with Gasteiger partial charge in [-0.1, -0.05) is 91.3 Å². The first kappa shape index (κ1) is 32.6. The molecule has 5 heteroatoms. The summed E-state index contributed by atoms with van der Waals surface area (Å²) in [4.78, 5) is 9.98. The van der Waals surface area contributed by atoms with E-state index in [4.69, 9.17) is 9.97 Å². The van der Waals surface area contributed by atoms with Gasteiger partial charge in [0.15, 0.2) is 0 Å². The van der Waals surface area contributed by atoms with Gasteiger partial charge in [-0.25, -0.2) is 4.98 Å². The van der Waals surface area contributed by atoms with E-state index in [1.165, 1.54) is 11.1 Å². The average Bonchev–Trinajstić information content (AvgIpc) is 3.30. The van der Waals surface area contributed by atoms with Crippen molar-refractivity contribution in [2.75, 3.05) is 0 Å². The van der Waals surface area contributed by atoms with E-state index in [1.54, 1.807) is 0 Å². The normalized spacial score (nSPS) is 12.2. The fourth-order valence-corrected chi connectivity index (χ4v) is 6.06. The van der Waals surface area contributed by atoms with Crippen LogP contribution in [-0.2, 0) is 38.3 Å². The van der Waals surface area contributed by atoms with Crippen LogP contribution in [0.25, 0.3) is 50.1 Å². The maximum Gasteiger partial charge on any atom is 0.144 e. The number of phenolic OH excluding ortho intramolecular Hbond substituents is 1. The monoisotopic (exact) mass is 775 g/mol. The summed E-state index contributed by atoms with van der Waals surface area (Å²) in [5.41, 5.74) is 9.21. The zero-order chi connectivity index (χ0) is 31.4. The molecule has 0 aliphatic carbocycles. The Labute approximate surface area is 281 Å². The van der Waals surface area contributed by atoms with E-state index in [-0.39, 0.29) is 31.9 Å². The van der Waals surface area contributed by atoms with Crippen molar-refractivity contribution in [1.82, 2.24) is 14.5 Å². The summed E-state index contributed by atoms with van der Waals surface area (Å²) in [6.07, 6.45) is 2.75. The van der Waals surface area contributed by atoms with E-state index in [9.17, 15) is 5.11 Å². The Morgan fingerprint density at radius 3 is 2.22 bits per heavy atom. The Kier molecular flexibility index (Phi) is 8.86. The quantitative estimate of drug-likeness (QED) is 0.178. The maximum absolute atomic E-state index is 11.7. The standard InChI is InChI=1S/C40H42N3O.Pt/c1-25(2)19-26-20-34(42-35(21-26)32-23-28(39(3,4)5)24-33(37(32)44)40(6,7)8)27-13-11-14-29(22-27)43-36-17-10-9-15-30(36)31-16-12-18-41-38(31)43;/h9-18,20-21,23-25,44H,19H2,1-8H3;/q-1;. The SMILES string of the molecule is CC(C)Cc1cc(-c2[c-]c(-n3c4ccccc4c4cccnc43)ccc2)nc(-c2cc(C(C)(C)C)cc(C(C)(C)C)c2O)c1.[Pt]. The molecule has 0 saturated heterocycles. The molecule has 6 rings (SSSR count). The number of rotatable bonds is 5. The molecule has 0 saturated carbocycles. The van der Waals surface area contributed by atoms with Gasteiger partial charge in [-0.3, -0.25) is 4.98 Å². The summed E-state index contributed by atoms with van der Waals surface area (Å²) in [6.45, 7) is 17.6. The minimum atomic E-state index is -0.225. The summed E-state index contributed by atoms with van der Waals surface area (Å²) in [5.74, 6) is 0.775. The first-order valence-electron chi connectivity index (χ1n) is 15.6. The predicted molar refractivity (Wildman–Crippen MR) is 184 cm³/mol. The molecular weight excluding hydrogens is 734 g/mol. The van der Waals surface area contributed by atoms with Crippen LogP contribution in [0, 0.1) is 12.0 Å². The first-order valence-corrected chi connectivity index (χ1v) is 15.6. The number of phenols is 1. The summed E-state index contributed by atoms with van der Waals surface area (Å²) < 4.78 is 2.18. The second kappa shape index (κ2) is 12.2. The fourth-order valence-electron chi connectivity index (χ4n) is 6.06. The zero-order valence-electron chi connectivity index (χ0n) is 27.5. The van der Waals surface area contributed by atoms with Crippen LogP contribution >= 0.6 is 0 Å². The maximum atomic E-state index is 11.7. The molecule has 0 unspecified atom stereocenters. The van der Waals surface area contributed by atoms with Gasteiger partial charge in [-0.2, -0.15) is 0 Å². The molecule has 0 atom stereocenters. The number of benzene rings is 3. The number of para-hydroxylation sites is 1. The van der Waals surface area contributed by atoms with Crippen LogP contribution in [0.5, 0.6) is 5.75 Å². The van der Waals surface area contributed by atoms with Crippen LogP contribution < -0.4 is 0 Å². The summed E-state index contributed by atoms with van der Waals surface area (Å²) in [6, 6.07) is 31.0. The first-order chi connectivity index (χ1) is 20.8. The van der Waals surface area contributed by atoms with Gasteiger partial charge >= 0.3 is 0 Å². The minimum absolute atomic E-state index is 0. The summed E-state index contributed by atoms with van der Waals surface area (Å²) >= 11 is 0. The van der Waals surface area contributed by atoms with Crippen LogP contribution in [0.3, 0.4) is 0 Å². The third kappa shape index (κ3) is 6.36. The van der Waals surface area contributed by atoms with Gasteiger partial charge in [0.25, 0.3) is 0 Å². The summed E-state index contributed by atoms with van der Waals surface area (Å²) in [5, 5.41) is 14.0. The van der Waals surface area contributed by atoms with E-state index in [1.807, 2.05) is 12.3 Å². The number of hydrogen-bond donors (Lipinski definition) is 1. The van der Waals surface area contributed by atoms with Crippen molar-refractivity contribution < 1.29 is 26.2 Å². The number of pyridine rings is 2. The van der Waals surface area contributed by atoms with Crippen molar-refractivity contribution in [3.05, 3.63) is 108 Å². The molecule has 1 N–H and O–H groups in total. The minimum Gasteiger partial charge on any atom is -0.507 e. The Morgan fingerprint density at radius 1 is 0.800 bits per heavy atom. The van der Waals surface area contributed by atoms with Gasteiger partial charge in [0.05, 0.1) is 11.2 Å². The molecule has 0 radical (unpaired) electrons. The van der Waals surface area contributed by atoms with Gasteiger partial charge < -0.3 is 9.67 Å². The molecule has 6 aromatic rings. The van der Waals surface area contributed by atoms with E-state index in [0.717, 1.165) is 62.1 Å². The fraction of sp³-hybridized carbons (Fsp3) is 0.300. The molecule has 3 aromatic heterocycles.